The minimum atomic E-state index is 0.964. The van der Waals surface area contributed by atoms with E-state index in [-0.39, 0.29) is 0 Å². The van der Waals surface area contributed by atoms with Crippen molar-refractivity contribution in [2.45, 2.75) is 57.0 Å². The van der Waals surface area contributed by atoms with E-state index in [4.69, 9.17) is 0 Å². The van der Waals surface area contributed by atoms with E-state index in [0.29, 0.717) is 0 Å². The molecule has 0 N–H and O–H groups in total. The zero-order valence-corrected chi connectivity index (χ0v) is 11.0. The molecule has 0 bridgehead atoms. The molecule has 0 aliphatic carbocycles. The van der Waals surface area contributed by atoms with E-state index in [1.807, 2.05) is 0 Å². The molecule has 4 aliphatic heterocycles. The second kappa shape index (κ2) is 4.24. The van der Waals surface area contributed by atoms with Crippen molar-refractivity contribution in [1.29, 1.82) is 0 Å². The first-order chi connectivity index (χ1) is 8.43. The van der Waals surface area contributed by atoms with Crippen LogP contribution in [0.2, 0.25) is 0 Å². The van der Waals surface area contributed by atoms with Crippen LogP contribution in [0.5, 0.6) is 0 Å². The first-order valence-electron chi connectivity index (χ1n) is 7.91. The number of fused-ring (bicyclic) bond motifs is 2. The van der Waals surface area contributed by atoms with Crippen molar-refractivity contribution in [2.24, 2.45) is 11.8 Å². The molecule has 4 heterocycles. The van der Waals surface area contributed by atoms with E-state index in [9.17, 15) is 0 Å². The van der Waals surface area contributed by atoms with Crippen LogP contribution in [0, 0.1) is 11.8 Å². The van der Waals surface area contributed by atoms with Crippen molar-refractivity contribution in [2.75, 3.05) is 26.2 Å². The van der Waals surface area contributed by atoms with Crippen LogP contribution in [0.3, 0.4) is 0 Å². The van der Waals surface area contributed by atoms with Gasteiger partial charge in [0, 0.05) is 18.6 Å². The normalized spacial score (nSPS) is 47.3. The van der Waals surface area contributed by atoms with Gasteiger partial charge in [-0.05, 0) is 70.0 Å². The maximum atomic E-state index is 2.88. The Morgan fingerprint density at radius 1 is 0.706 bits per heavy atom. The minimum absolute atomic E-state index is 0.964. The van der Waals surface area contributed by atoms with Gasteiger partial charge in [0.2, 0.25) is 0 Å². The molecule has 0 radical (unpaired) electrons. The van der Waals surface area contributed by atoms with Crippen LogP contribution in [0.15, 0.2) is 0 Å². The molecule has 96 valence electrons. The smallest absolute Gasteiger partial charge is 0.0179 e. The molecule has 4 saturated heterocycles. The van der Waals surface area contributed by atoms with Gasteiger partial charge in [-0.1, -0.05) is 6.42 Å². The predicted octanol–water partition coefficient (Wildman–Crippen LogP) is 2.35. The molecule has 0 unspecified atom stereocenters. The molecular weight excluding hydrogens is 208 g/mol. The lowest BCUT2D eigenvalue weighted by atomic mass is 9.68. The number of nitrogens with zero attached hydrogens (tertiary/aromatic N) is 2. The van der Waals surface area contributed by atoms with Crippen LogP contribution < -0.4 is 0 Å². The second-order valence-corrected chi connectivity index (χ2v) is 6.79. The number of rotatable bonds is 0. The van der Waals surface area contributed by atoms with Gasteiger partial charge in [-0.3, -0.25) is 9.80 Å². The summed E-state index contributed by atoms with van der Waals surface area (Å²) in [4.78, 5) is 5.75. The highest BCUT2D eigenvalue weighted by Crippen LogP contribution is 2.44. The minimum Gasteiger partial charge on any atom is -0.300 e. The molecule has 0 aromatic carbocycles. The molecule has 0 spiro atoms. The van der Waals surface area contributed by atoms with E-state index in [1.54, 1.807) is 0 Å². The van der Waals surface area contributed by atoms with Gasteiger partial charge < -0.3 is 0 Å². The van der Waals surface area contributed by atoms with Crippen molar-refractivity contribution in [1.82, 2.24) is 9.80 Å². The number of hydrogen-bond donors (Lipinski definition) is 0. The molecule has 17 heavy (non-hydrogen) atoms. The van der Waals surface area contributed by atoms with Crippen LogP contribution in [-0.2, 0) is 0 Å². The highest BCUT2D eigenvalue weighted by molar-refractivity contribution is 5.03. The van der Waals surface area contributed by atoms with Gasteiger partial charge in [0.25, 0.3) is 0 Å². The third-order valence-electron chi connectivity index (χ3n) is 5.97. The largest absolute Gasteiger partial charge is 0.300 e. The van der Waals surface area contributed by atoms with Crippen LogP contribution in [0.25, 0.3) is 0 Å². The maximum absolute atomic E-state index is 2.88. The first-order valence-corrected chi connectivity index (χ1v) is 7.91. The van der Waals surface area contributed by atoms with Gasteiger partial charge >= 0.3 is 0 Å². The molecule has 4 aliphatic rings. The van der Waals surface area contributed by atoms with Crippen molar-refractivity contribution in [3.05, 3.63) is 0 Å². The molecule has 4 rings (SSSR count). The van der Waals surface area contributed by atoms with Gasteiger partial charge in [-0.15, -0.1) is 0 Å². The monoisotopic (exact) mass is 234 g/mol. The van der Waals surface area contributed by atoms with Gasteiger partial charge in [-0.25, -0.2) is 0 Å². The Morgan fingerprint density at radius 2 is 1.53 bits per heavy atom. The Morgan fingerprint density at radius 3 is 2.47 bits per heavy atom. The molecule has 0 amide bonds. The average Bonchev–Trinajstić information content (AvgIpc) is 2.39. The molecule has 2 heteroatoms. The summed E-state index contributed by atoms with van der Waals surface area (Å²) in [6.07, 6.45) is 10.4. The quantitative estimate of drug-likeness (QED) is 0.635. The van der Waals surface area contributed by atoms with Crippen LogP contribution in [0.4, 0.5) is 0 Å². The third kappa shape index (κ3) is 1.67. The molecule has 0 aromatic rings. The van der Waals surface area contributed by atoms with Crippen molar-refractivity contribution < 1.29 is 0 Å². The zero-order chi connectivity index (χ0) is 11.2. The SMILES string of the molecule is C1CCN2C[C@H]3CCCN4CCC[C@@H]([C@@H]34)[C@H]2C1. The van der Waals surface area contributed by atoms with Crippen LogP contribution >= 0.6 is 0 Å². The zero-order valence-electron chi connectivity index (χ0n) is 11.0. The standard InChI is InChI=1S/C15H26N2/c1-2-8-17-11-12-5-3-9-16-10-4-6-13(15(12)16)14(17)7-1/h12-15H,1-11H2/t12-,13-,14-,15-/m1/s1. The molecule has 4 atom stereocenters. The Kier molecular flexibility index (Phi) is 2.69. The Hall–Kier alpha value is -0.0800. The highest BCUT2D eigenvalue weighted by Gasteiger charge is 2.48. The van der Waals surface area contributed by atoms with Crippen LogP contribution in [-0.4, -0.2) is 48.1 Å². The summed E-state index contributed by atoms with van der Waals surface area (Å²) in [5.41, 5.74) is 0. The Balaban J connectivity index is 1.63. The van der Waals surface area contributed by atoms with Crippen molar-refractivity contribution in [3.8, 4) is 0 Å². The van der Waals surface area contributed by atoms with E-state index in [2.05, 4.69) is 9.80 Å². The first kappa shape index (κ1) is 10.8. The van der Waals surface area contributed by atoms with Gasteiger partial charge in [0.1, 0.15) is 0 Å². The molecule has 0 saturated carbocycles. The second-order valence-electron chi connectivity index (χ2n) is 6.79. The third-order valence-corrected chi connectivity index (χ3v) is 5.97. The van der Waals surface area contributed by atoms with Crippen molar-refractivity contribution in [3.63, 3.8) is 0 Å². The predicted molar refractivity (Wildman–Crippen MR) is 70.0 cm³/mol. The summed E-state index contributed by atoms with van der Waals surface area (Å²) in [6, 6.07) is 1.95. The van der Waals surface area contributed by atoms with E-state index < -0.39 is 0 Å². The lowest BCUT2D eigenvalue weighted by Crippen LogP contribution is -2.65. The number of piperidine rings is 4. The Bertz CT molecular complexity index is 289. The summed E-state index contributed by atoms with van der Waals surface area (Å²) in [5.74, 6) is 2.05. The lowest BCUT2D eigenvalue weighted by molar-refractivity contribution is -0.0859. The topological polar surface area (TPSA) is 6.48 Å². The summed E-state index contributed by atoms with van der Waals surface area (Å²) in [7, 11) is 0. The molecule has 0 aromatic heterocycles. The summed E-state index contributed by atoms with van der Waals surface area (Å²) >= 11 is 0. The highest BCUT2D eigenvalue weighted by atomic mass is 15.3. The molecule has 4 fully saturated rings. The molecule has 2 nitrogen and oxygen atoms in total. The van der Waals surface area contributed by atoms with Gasteiger partial charge in [-0.2, -0.15) is 0 Å². The number of hydrogen-bond acceptors (Lipinski definition) is 2. The average molecular weight is 234 g/mol. The van der Waals surface area contributed by atoms with Crippen LogP contribution in [0.1, 0.15) is 44.9 Å². The van der Waals surface area contributed by atoms with E-state index in [0.717, 1.165) is 23.9 Å². The summed E-state index contributed by atoms with van der Waals surface area (Å²) in [6.45, 7) is 5.65. The fraction of sp³-hybridized carbons (Fsp3) is 1.00. The van der Waals surface area contributed by atoms with Gasteiger partial charge in [0.15, 0.2) is 0 Å². The fourth-order valence-electron chi connectivity index (χ4n) is 5.41. The summed E-state index contributed by atoms with van der Waals surface area (Å²) < 4.78 is 0. The maximum Gasteiger partial charge on any atom is 0.0179 e. The molecular formula is C15H26N2. The van der Waals surface area contributed by atoms with Gasteiger partial charge in [0.05, 0.1) is 0 Å². The summed E-state index contributed by atoms with van der Waals surface area (Å²) in [5, 5.41) is 0. The van der Waals surface area contributed by atoms with E-state index in [1.165, 1.54) is 71.1 Å². The fourth-order valence-corrected chi connectivity index (χ4v) is 5.41. The lowest BCUT2D eigenvalue weighted by Gasteiger charge is -2.58. The van der Waals surface area contributed by atoms with Crippen molar-refractivity contribution >= 4 is 0 Å². The Labute approximate surface area is 105 Å². The van der Waals surface area contributed by atoms with E-state index >= 15 is 0 Å².